The Kier molecular flexibility index (Phi) is 7.13. The molecule has 0 bridgehead atoms. The average Bonchev–Trinajstić information content (AvgIpc) is 3.45. The average molecular weight is 557 g/mol. The number of β-lactam (4-membered cyclic amide) rings is 1. The summed E-state index contributed by atoms with van der Waals surface area (Å²) in [5.74, 6) is -4.01. The lowest BCUT2D eigenvalue weighted by atomic mass is 9.78. The van der Waals surface area contributed by atoms with E-state index in [4.69, 9.17) is 0 Å². The first-order valence-electron chi connectivity index (χ1n) is 11.4. The first-order valence-corrected chi connectivity index (χ1v) is 13.8. The Labute approximate surface area is 209 Å². The molecule has 4 aliphatic rings. The summed E-state index contributed by atoms with van der Waals surface area (Å²) < 4.78 is 63.0. The molecule has 0 aromatic heterocycles. The lowest BCUT2D eigenvalue weighted by molar-refractivity contribution is -0.158. The molecule has 0 saturated carbocycles. The van der Waals surface area contributed by atoms with Crippen molar-refractivity contribution in [2.24, 2.45) is 11.8 Å². The number of carboxylic acids is 1. The molecule has 4 aliphatic heterocycles. The Morgan fingerprint density at radius 2 is 1.97 bits per heavy atom. The van der Waals surface area contributed by atoms with E-state index in [0.29, 0.717) is 30.8 Å². The second-order valence-corrected chi connectivity index (χ2v) is 12.6. The maximum absolute atomic E-state index is 12.8. The van der Waals surface area contributed by atoms with Crippen LogP contribution in [-0.4, -0.2) is 101 Å². The Hall–Kier alpha value is -1.88. The van der Waals surface area contributed by atoms with Crippen LogP contribution >= 0.6 is 11.8 Å². The normalized spacial score (nSPS) is 33.7. The van der Waals surface area contributed by atoms with Crippen LogP contribution in [0.2, 0.25) is 0 Å². The van der Waals surface area contributed by atoms with Crippen molar-refractivity contribution >= 4 is 39.6 Å². The molecule has 1 unspecified atom stereocenters. The molecule has 0 spiro atoms. The van der Waals surface area contributed by atoms with E-state index in [1.807, 2.05) is 0 Å². The second kappa shape index (κ2) is 9.45. The number of alkyl halides is 3. The molecule has 7 atom stereocenters. The zero-order valence-electron chi connectivity index (χ0n) is 19.4. The number of fused-ring (bicyclic) bond motifs is 1. The van der Waals surface area contributed by atoms with Crippen molar-refractivity contribution in [3.8, 4) is 0 Å². The highest BCUT2D eigenvalue weighted by molar-refractivity contribution is 8.03. The summed E-state index contributed by atoms with van der Waals surface area (Å²) in [6, 6.07) is -2.71. The van der Waals surface area contributed by atoms with Gasteiger partial charge in [0.2, 0.25) is 11.8 Å². The number of carbonyl (C=O) groups excluding carboxylic acids is 2. The third-order valence-electron chi connectivity index (χ3n) is 7.13. The highest BCUT2D eigenvalue weighted by atomic mass is 32.2. The summed E-state index contributed by atoms with van der Waals surface area (Å²) in [6.07, 6.45) is 0.344. The standard InChI is InChI=1S/C20H27F3N4O7S2/c1-8-14-13(9(2)25-36(33,34)20(21,22)23)18(30)27(14)15(19(31)32)16(8)35-11-5-12(24-6-11)17(29)26-4-3-10(28)7-26/h8-14,24-25,28H,3-7H2,1-2H3,(H,31,32)/t8-,9?,10-,11+,12+,13-,14-/m1/s1. The maximum Gasteiger partial charge on any atom is 0.511 e. The molecule has 4 rings (SSSR count). The second-order valence-electron chi connectivity index (χ2n) is 9.55. The topological polar surface area (TPSA) is 156 Å². The van der Waals surface area contributed by atoms with E-state index >= 15 is 0 Å². The third kappa shape index (κ3) is 4.61. The van der Waals surface area contributed by atoms with Gasteiger partial charge in [-0.3, -0.25) is 9.59 Å². The number of thioether (sulfide) groups is 1. The Morgan fingerprint density at radius 3 is 2.53 bits per heavy atom. The number of aliphatic carboxylic acids is 1. The summed E-state index contributed by atoms with van der Waals surface area (Å²) in [5, 5.41) is 22.4. The summed E-state index contributed by atoms with van der Waals surface area (Å²) in [6.45, 7) is 3.91. The van der Waals surface area contributed by atoms with Gasteiger partial charge < -0.3 is 25.3 Å². The number of likely N-dealkylation sites (tertiary alicyclic amines) is 1. The Morgan fingerprint density at radius 1 is 1.31 bits per heavy atom. The largest absolute Gasteiger partial charge is 0.511 e. The number of hydrogen-bond donors (Lipinski definition) is 4. The van der Waals surface area contributed by atoms with Gasteiger partial charge in [0.05, 0.1) is 24.1 Å². The number of carboxylic acid groups (broad SMARTS) is 1. The van der Waals surface area contributed by atoms with Gasteiger partial charge in [0.1, 0.15) is 5.70 Å². The molecule has 16 heteroatoms. The first-order chi connectivity index (χ1) is 16.6. The number of rotatable bonds is 7. The minimum absolute atomic E-state index is 0.147. The molecule has 0 aromatic rings. The van der Waals surface area contributed by atoms with Crippen LogP contribution in [0.4, 0.5) is 13.2 Å². The molecule has 2 amide bonds. The lowest BCUT2D eigenvalue weighted by Crippen LogP contribution is -2.66. The quantitative estimate of drug-likeness (QED) is 0.308. The monoisotopic (exact) mass is 556 g/mol. The van der Waals surface area contributed by atoms with Gasteiger partial charge in [0.25, 0.3) is 0 Å². The van der Waals surface area contributed by atoms with Crippen LogP contribution in [0, 0.1) is 11.8 Å². The molecule has 4 N–H and O–H groups in total. The van der Waals surface area contributed by atoms with Crippen LogP contribution < -0.4 is 10.0 Å². The van der Waals surface area contributed by atoms with Crippen molar-refractivity contribution in [2.45, 2.75) is 61.7 Å². The van der Waals surface area contributed by atoms with Crippen molar-refractivity contribution in [2.75, 3.05) is 19.6 Å². The molecule has 11 nitrogen and oxygen atoms in total. The smallest absolute Gasteiger partial charge is 0.477 e. The lowest BCUT2D eigenvalue weighted by Gasteiger charge is -2.47. The molecule has 4 heterocycles. The summed E-state index contributed by atoms with van der Waals surface area (Å²) >= 11 is 1.21. The fourth-order valence-corrected chi connectivity index (χ4v) is 7.65. The van der Waals surface area contributed by atoms with Crippen molar-refractivity contribution < 1.29 is 46.2 Å². The number of nitrogens with one attached hydrogen (secondary N) is 2. The number of amides is 2. The van der Waals surface area contributed by atoms with Crippen molar-refractivity contribution in [1.82, 2.24) is 19.8 Å². The van der Waals surface area contributed by atoms with E-state index in [1.54, 1.807) is 11.8 Å². The minimum atomic E-state index is -5.69. The maximum atomic E-state index is 12.8. The van der Waals surface area contributed by atoms with Gasteiger partial charge in [0, 0.05) is 41.7 Å². The molecule has 3 saturated heterocycles. The SMILES string of the molecule is CC(NS(=O)(=O)C(F)(F)F)[C@H]1C(=O)N2C(C(=O)O)=C(S[C@@H]3CN[C@H](C(=O)N4CC[C@@H](O)C4)C3)[C@H](C)[C@H]12. The van der Waals surface area contributed by atoms with E-state index in [9.17, 15) is 46.2 Å². The number of carbonyl (C=O) groups is 3. The first kappa shape index (κ1) is 27.2. The van der Waals surface area contributed by atoms with Gasteiger partial charge in [-0.15, -0.1) is 11.8 Å². The van der Waals surface area contributed by atoms with Crippen molar-refractivity contribution in [1.29, 1.82) is 0 Å². The molecular formula is C20H27F3N4O7S2. The third-order valence-corrected chi connectivity index (χ3v) is 9.94. The van der Waals surface area contributed by atoms with Crippen LogP contribution in [0.3, 0.4) is 0 Å². The number of β-amino-alcohol motifs (C(OH)–C–C–N with tert-alkyl or cyclic N) is 1. The van der Waals surface area contributed by atoms with Crippen molar-refractivity contribution in [3.63, 3.8) is 0 Å². The Bertz CT molecular complexity index is 1100. The number of hydrogen-bond acceptors (Lipinski definition) is 8. The fourth-order valence-electron chi connectivity index (χ4n) is 5.40. The number of aliphatic hydroxyl groups excluding tert-OH is 1. The number of aliphatic hydroxyl groups is 1. The summed E-state index contributed by atoms with van der Waals surface area (Å²) in [5.41, 5.74) is -5.81. The highest BCUT2D eigenvalue weighted by Gasteiger charge is 2.61. The van der Waals surface area contributed by atoms with Crippen LogP contribution in [0.5, 0.6) is 0 Å². The molecule has 3 fully saturated rings. The van der Waals surface area contributed by atoms with E-state index in [1.165, 1.54) is 16.5 Å². The van der Waals surface area contributed by atoms with Gasteiger partial charge in [-0.1, -0.05) is 6.92 Å². The van der Waals surface area contributed by atoms with Crippen molar-refractivity contribution in [3.05, 3.63) is 10.6 Å². The van der Waals surface area contributed by atoms with E-state index in [-0.39, 0.29) is 23.4 Å². The molecule has 0 aromatic carbocycles. The minimum Gasteiger partial charge on any atom is -0.477 e. The molecule has 202 valence electrons. The molecule has 0 radical (unpaired) electrons. The zero-order valence-corrected chi connectivity index (χ0v) is 21.0. The predicted molar refractivity (Wildman–Crippen MR) is 121 cm³/mol. The van der Waals surface area contributed by atoms with Gasteiger partial charge in [0.15, 0.2) is 0 Å². The highest BCUT2D eigenvalue weighted by Crippen LogP contribution is 2.52. The van der Waals surface area contributed by atoms with Crippen LogP contribution in [0.25, 0.3) is 0 Å². The van der Waals surface area contributed by atoms with E-state index in [2.05, 4.69) is 5.32 Å². The van der Waals surface area contributed by atoms with Gasteiger partial charge >= 0.3 is 21.5 Å². The van der Waals surface area contributed by atoms with E-state index < -0.39 is 63.5 Å². The number of sulfonamides is 1. The van der Waals surface area contributed by atoms with Crippen LogP contribution in [0.1, 0.15) is 26.7 Å². The molecule has 0 aliphatic carbocycles. The number of halogens is 3. The fraction of sp³-hybridized carbons (Fsp3) is 0.750. The van der Waals surface area contributed by atoms with E-state index in [0.717, 1.165) is 11.8 Å². The predicted octanol–water partition coefficient (Wildman–Crippen LogP) is -0.356. The van der Waals surface area contributed by atoms with Crippen LogP contribution in [0.15, 0.2) is 10.6 Å². The summed E-state index contributed by atoms with van der Waals surface area (Å²) in [4.78, 5) is 40.5. The molecule has 36 heavy (non-hydrogen) atoms. The Balaban J connectivity index is 1.46. The molecular weight excluding hydrogens is 529 g/mol. The van der Waals surface area contributed by atoms with Gasteiger partial charge in [-0.2, -0.15) is 13.2 Å². The zero-order chi connectivity index (χ0) is 26.7. The van der Waals surface area contributed by atoms with Crippen LogP contribution in [-0.2, 0) is 24.4 Å². The number of nitrogens with zero attached hydrogens (tertiary/aromatic N) is 2. The van der Waals surface area contributed by atoms with Gasteiger partial charge in [-0.25, -0.2) is 17.9 Å². The van der Waals surface area contributed by atoms with Gasteiger partial charge in [-0.05, 0) is 19.8 Å². The summed E-state index contributed by atoms with van der Waals surface area (Å²) in [7, 11) is -5.69.